The Morgan fingerprint density at radius 1 is 0.893 bits per heavy atom. The van der Waals surface area contributed by atoms with Crippen LogP contribution in [0.2, 0.25) is 0 Å². The fraction of sp³-hybridized carbons (Fsp3) is 0.227. The fourth-order valence-corrected chi connectivity index (χ4v) is 3.93. The Balaban J connectivity index is 1.53. The number of aromatic nitrogens is 4. The van der Waals surface area contributed by atoms with Crippen molar-refractivity contribution in [1.82, 2.24) is 19.7 Å². The third-order valence-corrected chi connectivity index (χ3v) is 5.31. The van der Waals surface area contributed by atoms with E-state index in [9.17, 15) is 0 Å². The first-order valence-electron chi connectivity index (χ1n) is 9.62. The van der Waals surface area contributed by atoms with Crippen LogP contribution >= 0.6 is 0 Å². The van der Waals surface area contributed by atoms with Gasteiger partial charge in [-0.05, 0) is 49.2 Å². The summed E-state index contributed by atoms with van der Waals surface area (Å²) < 4.78 is 7.75. The van der Waals surface area contributed by atoms with Gasteiger partial charge < -0.3 is 10.5 Å². The number of rotatable bonds is 4. The molecule has 5 rings (SSSR count). The van der Waals surface area contributed by atoms with E-state index >= 15 is 0 Å². The number of nitrogens with zero attached hydrogens (tertiary/aromatic N) is 4. The largest absolute Gasteiger partial charge is 0.457 e. The first-order valence-corrected chi connectivity index (χ1v) is 9.62. The van der Waals surface area contributed by atoms with Crippen LogP contribution in [-0.4, -0.2) is 19.7 Å². The zero-order valence-corrected chi connectivity index (χ0v) is 15.5. The van der Waals surface area contributed by atoms with Gasteiger partial charge in [0.1, 0.15) is 28.9 Å². The minimum absolute atomic E-state index is 0.443. The van der Waals surface area contributed by atoms with Crippen molar-refractivity contribution in [2.45, 2.75) is 31.6 Å². The maximum atomic E-state index is 6.20. The Labute approximate surface area is 163 Å². The molecule has 0 aliphatic heterocycles. The van der Waals surface area contributed by atoms with E-state index < -0.39 is 0 Å². The normalized spacial score (nSPS) is 14.6. The van der Waals surface area contributed by atoms with Crippen molar-refractivity contribution in [2.75, 3.05) is 5.73 Å². The third kappa shape index (κ3) is 2.97. The van der Waals surface area contributed by atoms with Crippen molar-refractivity contribution < 1.29 is 4.74 Å². The van der Waals surface area contributed by atoms with Crippen LogP contribution in [0.15, 0.2) is 60.9 Å². The number of anilines is 1. The smallest absolute Gasteiger partial charge is 0.153 e. The second-order valence-corrected chi connectivity index (χ2v) is 7.14. The van der Waals surface area contributed by atoms with Crippen molar-refractivity contribution >= 4 is 16.9 Å². The van der Waals surface area contributed by atoms with Crippen LogP contribution in [0.4, 0.5) is 5.82 Å². The monoisotopic (exact) mass is 371 g/mol. The van der Waals surface area contributed by atoms with Crippen molar-refractivity contribution in [3.63, 3.8) is 0 Å². The van der Waals surface area contributed by atoms with Gasteiger partial charge in [0, 0.05) is 5.92 Å². The SMILES string of the molecule is Nc1ncnc2c(C3CCCC3)nn(-c3ccc(Oc4ccccc4)cc3)c12. The number of nitrogens with two attached hydrogens (primary N) is 1. The van der Waals surface area contributed by atoms with E-state index in [2.05, 4.69) is 9.97 Å². The maximum Gasteiger partial charge on any atom is 0.153 e. The molecule has 4 aromatic rings. The molecule has 2 aromatic carbocycles. The second-order valence-electron chi connectivity index (χ2n) is 7.14. The van der Waals surface area contributed by atoms with Gasteiger partial charge in [-0.3, -0.25) is 0 Å². The van der Waals surface area contributed by atoms with Gasteiger partial charge in [0.2, 0.25) is 0 Å². The fourth-order valence-electron chi connectivity index (χ4n) is 3.93. The molecule has 0 spiro atoms. The summed E-state index contributed by atoms with van der Waals surface area (Å²) in [6.45, 7) is 0. The van der Waals surface area contributed by atoms with E-state index in [0.29, 0.717) is 11.7 Å². The Morgan fingerprint density at radius 2 is 1.61 bits per heavy atom. The molecule has 0 bridgehead atoms. The molecule has 2 heterocycles. The highest BCUT2D eigenvalue weighted by Gasteiger charge is 2.25. The molecule has 2 aromatic heterocycles. The molecule has 140 valence electrons. The van der Waals surface area contributed by atoms with Crippen LogP contribution in [0.1, 0.15) is 37.3 Å². The first-order chi connectivity index (χ1) is 13.8. The van der Waals surface area contributed by atoms with Gasteiger partial charge in [-0.25, -0.2) is 14.6 Å². The number of hydrogen-bond acceptors (Lipinski definition) is 5. The molecule has 6 heteroatoms. The molecule has 0 atom stereocenters. The Hall–Kier alpha value is -3.41. The van der Waals surface area contributed by atoms with Crippen LogP contribution in [0, 0.1) is 0 Å². The summed E-state index contributed by atoms with van der Waals surface area (Å²) in [5, 5.41) is 4.91. The van der Waals surface area contributed by atoms with Crippen LogP contribution < -0.4 is 10.5 Å². The van der Waals surface area contributed by atoms with Gasteiger partial charge in [0.25, 0.3) is 0 Å². The Kier molecular flexibility index (Phi) is 4.16. The topological polar surface area (TPSA) is 78.9 Å². The molecule has 0 saturated heterocycles. The summed E-state index contributed by atoms with van der Waals surface area (Å²) in [6.07, 6.45) is 6.31. The van der Waals surface area contributed by atoms with Gasteiger partial charge in [-0.15, -0.1) is 0 Å². The van der Waals surface area contributed by atoms with Gasteiger partial charge >= 0.3 is 0 Å². The minimum atomic E-state index is 0.443. The lowest BCUT2D eigenvalue weighted by Gasteiger charge is -2.08. The number of para-hydroxylation sites is 1. The maximum absolute atomic E-state index is 6.20. The van der Waals surface area contributed by atoms with Crippen LogP contribution in [0.25, 0.3) is 16.7 Å². The van der Waals surface area contributed by atoms with E-state index in [-0.39, 0.29) is 0 Å². The lowest BCUT2D eigenvalue weighted by Crippen LogP contribution is -2.01. The van der Waals surface area contributed by atoms with Crippen LogP contribution in [0.3, 0.4) is 0 Å². The lowest BCUT2D eigenvalue weighted by atomic mass is 10.0. The molecular formula is C22H21N5O. The summed E-state index contributed by atoms with van der Waals surface area (Å²) >= 11 is 0. The number of ether oxygens (including phenoxy) is 1. The molecule has 0 radical (unpaired) electrons. The van der Waals surface area contributed by atoms with Crippen molar-refractivity contribution in [3.8, 4) is 17.2 Å². The first kappa shape index (κ1) is 16.7. The highest BCUT2D eigenvalue weighted by atomic mass is 16.5. The highest BCUT2D eigenvalue weighted by molar-refractivity contribution is 5.88. The van der Waals surface area contributed by atoms with Gasteiger partial charge in [0.05, 0.1) is 11.4 Å². The molecule has 2 N–H and O–H groups in total. The standard InChI is InChI=1S/C22H21N5O/c23-22-21-20(24-14-25-22)19(15-6-4-5-7-15)26-27(21)16-10-12-18(13-11-16)28-17-8-2-1-3-9-17/h1-3,8-15H,4-7H2,(H2,23,24,25). The van der Waals surface area contributed by atoms with Gasteiger partial charge in [-0.2, -0.15) is 5.10 Å². The predicted molar refractivity (Wildman–Crippen MR) is 109 cm³/mol. The molecule has 1 aliphatic carbocycles. The zero-order chi connectivity index (χ0) is 18.9. The summed E-state index contributed by atoms with van der Waals surface area (Å²) in [5.74, 6) is 2.47. The average molecular weight is 371 g/mol. The van der Waals surface area contributed by atoms with Gasteiger partial charge in [0.15, 0.2) is 5.82 Å². The second kappa shape index (κ2) is 6.96. The average Bonchev–Trinajstić information content (AvgIpc) is 3.38. The summed E-state index contributed by atoms with van der Waals surface area (Å²) in [5.41, 5.74) is 9.79. The number of benzene rings is 2. The molecule has 0 unspecified atom stereocenters. The van der Waals surface area contributed by atoms with E-state index in [0.717, 1.165) is 46.8 Å². The van der Waals surface area contributed by atoms with Crippen molar-refractivity contribution in [2.24, 2.45) is 0 Å². The van der Waals surface area contributed by atoms with Crippen molar-refractivity contribution in [1.29, 1.82) is 0 Å². The Bertz CT molecular complexity index is 1100. The molecule has 6 nitrogen and oxygen atoms in total. The number of nitrogen functional groups attached to an aromatic ring is 1. The zero-order valence-electron chi connectivity index (χ0n) is 15.5. The van der Waals surface area contributed by atoms with E-state index in [4.69, 9.17) is 15.6 Å². The van der Waals surface area contributed by atoms with Crippen LogP contribution in [-0.2, 0) is 0 Å². The molecule has 28 heavy (non-hydrogen) atoms. The number of hydrogen-bond donors (Lipinski definition) is 1. The summed E-state index contributed by atoms with van der Waals surface area (Å²) in [4.78, 5) is 8.69. The van der Waals surface area contributed by atoms with E-state index in [1.807, 2.05) is 59.3 Å². The van der Waals surface area contributed by atoms with Crippen LogP contribution in [0.5, 0.6) is 11.5 Å². The quantitative estimate of drug-likeness (QED) is 0.555. The predicted octanol–water partition coefficient (Wildman–Crippen LogP) is 4.85. The molecular weight excluding hydrogens is 350 g/mol. The lowest BCUT2D eigenvalue weighted by molar-refractivity contribution is 0.482. The van der Waals surface area contributed by atoms with E-state index in [1.54, 1.807) is 0 Å². The minimum Gasteiger partial charge on any atom is -0.457 e. The molecule has 0 amide bonds. The molecule has 1 saturated carbocycles. The highest BCUT2D eigenvalue weighted by Crippen LogP contribution is 2.38. The van der Waals surface area contributed by atoms with E-state index in [1.165, 1.54) is 19.2 Å². The molecule has 1 fully saturated rings. The number of fused-ring (bicyclic) bond motifs is 1. The molecule has 1 aliphatic rings. The Morgan fingerprint density at radius 3 is 2.36 bits per heavy atom. The summed E-state index contributed by atoms with van der Waals surface area (Å²) in [7, 11) is 0. The van der Waals surface area contributed by atoms with Crippen molar-refractivity contribution in [3.05, 3.63) is 66.6 Å². The third-order valence-electron chi connectivity index (χ3n) is 5.31. The van der Waals surface area contributed by atoms with Gasteiger partial charge in [-0.1, -0.05) is 31.0 Å². The summed E-state index contributed by atoms with van der Waals surface area (Å²) in [6, 6.07) is 17.6.